The van der Waals surface area contributed by atoms with Crippen LogP contribution < -0.4 is 43.3 Å². The van der Waals surface area contributed by atoms with Crippen molar-refractivity contribution in [2.75, 3.05) is 32.8 Å². The Labute approximate surface area is 858 Å². The molecule has 9 heteroatoms. The maximum atomic E-state index is 6.76. The predicted octanol–water partition coefficient (Wildman–Crippen LogP) is 39.9. The molecule has 144 heavy (non-hydrogen) atoms. The van der Waals surface area contributed by atoms with Crippen molar-refractivity contribution in [2.24, 2.45) is 0 Å². The van der Waals surface area contributed by atoms with Gasteiger partial charge in [0.1, 0.15) is 0 Å². The largest absolute Gasteiger partial charge is 0.490 e. The molecule has 4 aliphatic heterocycles. The van der Waals surface area contributed by atoms with Crippen LogP contribution in [-0.2, 0) is 22.7 Å². The monoisotopic (exact) mass is 1900 g/mol. The fourth-order valence-corrected chi connectivity index (χ4v) is 23.9. The van der Waals surface area contributed by atoms with E-state index < -0.39 is 5.41 Å². The average molecular weight is 1900 g/mol. The van der Waals surface area contributed by atoms with Crippen LogP contribution >= 0.6 is 0 Å². The first-order valence-electron chi connectivity index (χ1n) is 54.6. The molecule has 736 valence electrons. The van der Waals surface area contributed by atoms with Crippen molar-refractivity contribution >= 4 is 68.2 Å². The summed E-state index contributed by atoms with van der Waals surface area (Å²) in [5.41, 5.74) is 41.2. The van der Waals surface area contributed by atoms with Gasteiger partial charge in [0.05, 0.1) is 52.8 Å². The van der Waals surface area contributed by atoms with Gasteiger partial charge in [0.2, 0.25) is 0 Å². The summed E-state index contributed by atoms with van der Waals surface area (Å²) in [6.45, 7) is 30.6. The van der Waals surface area contributed by atoms with E-state index in [1.165, 1.54) is 281 Å². The molecule has 0 fully saturated rings. The SMILES string of the molecule is CCCCCCCCC1(CCCCCCCC)c2cc(N3c4ccccc4Oc4cc(C)ccc43)ccc2-c2ccc(N3c4ccccc4Oc4cc(C)ccc43)cc21.CCCCCCCCOc1cc2c(cc1OCCCCCCCC)C1(c3cc(C)ccc3-c3ccc(C)cc31)c1cc(C(C)(C)C)ccc1-2.Cc1ccc2c(c1)Cc1ccccc1N2c1ccc(N2c3ccccc3Oc3cc(C)ccc32)cc1. The van der Waals surface area contributed by atoms with E-state index in [0.29, 0.717) is 0 Å². The lowest BCUT2D eigenvalue weighted by molar-refractivity contribution is 0.258. The highest BCUT2D eigenvalue weighted by molar-refractivity contribution is 5.98. The summed E-state index contributed by atoms with van der Waals surface area (Å²) in [5, 5.41) is 0. The number of aryl methyl sites for hydroxylation is 6. The molecule has 0 radical (unpaired) electrons. The third kappa shape index (κ3) is 19.5. The Bertz CT molecular complexity index is 6810. The summed E-state index contributed by atoms with van der Waals surface area (Å²) >= 11 is 0. The Morgan fingerprint density at radius 2 is 0.562 bits per heavy atom. The Kier molecular flexibility index (Phi) is 29.4. The number of nitrogens with zero attached hydrogens (tertiary/aromatic N) is 4. The number of rotatable bonds is 34. The summed E-state index contributed by atoms with van der Waals surface area (Å²) in [7, 11) is 0. The number of fused-ring (bicyclic) bond motifs is 21. The van der Waals surface area contributed by atoms with Crippen molar-refractivity contribution in [3.63, 3.8) is 0 Å². The van der Waals surface area contributed by atoms with Crippen molar-refractivity contribution in [1.82, 2.24) is 0 Å². The van der Waals surface area contributed by atoms with E-state index in [0.717, 1.165) is 137 Å². The molecule has 0 aromatic heterocycles. The molecule has 3 aliphatic carbocycles. The summed E-state index contributed by atoms with van der Waals surface area (Å²) in [6, 6.07) is 110. The van der Waals surface area contributed by atoms with Gasteiger partial charge in [-0.15, -0.1) is 0 Å². The van der Waals surface area contributed by atoms with Crippen molar-refractivity contribution in [2.45, 2.75) is 280 Å². The molecule has 0 saturated heterocycles. The Morgan fingerprint density at radius 1 is 0.250 bits per heavy atom. The van der Waals surface area contributed by atoms with E-state index in [9.17, 15) is 0 Å². The molecular weight excluding hydrogens is 1760 g/mol. The number of anilines is 12. The number of hydrogen-bond acceptors (Lipinski definition) is 9. The van der Waals surface area contributed by atoms with E-state index in [-0.39, 0.29) is 10.8 Å². The first-order chi connectivity index (χ1) is 70.3. The number of unbranched alkanes of at least 4 members (excludes halogenated alkanes) is 20. The van der Waals surface area contributed by atoms with Gasteiger partial charge >= 0.3 is 0 Å². The van der Waals surface area contributed by atoms with Crippen molar-refractivity contribution in [3.05, 3.63) is 381 Å². The van der Waals surface area contributed by atoms with Gasteiger partial charge in [-0.2, -0.15) is 0 Å². The van der Waals surface area contributed by atoms with Crippen LogP contribution in [0.4, 0.5) is 68.2 Å². The average Bonchev–Trinajstić information content (AvgIpc) is 1.50. The van der Waals surface area contributed by atoms with Crippen LogP contribution in [-0.4, -0.2) is 13.2 Å². The fourth-order valence-electron chi connectivity index (χ4n) is 23.9. The first kappa shape index (κ1) is 97.9. The van der Waals surface area contributed by atoms with Crippen LogP contribution in [0.3, 0.4) is 0 Å². The van der Waals surface area contributed by atoms with E-state index in [4.69, 9.17) is 23.7 Å². The molecule has 22 rings (SSSR count). The van der Waals surface area contributed by atoms with Gasteiger partial charge < -0.3 is 43.3 Å². The molecular formula is C135H146N4O5. The highest BCUT2D eigenvalue weighted by atomic mass is 16.5. The number of benzene rings is 15. The fraction of sp³-hybridized carbons (Fsp3) is 0.333. The minimum atomic E-state index is -0.412. The van der Waals surface area contributed by atoms with E-state index in [2.05, 4.69) is 395 Å². The quantitative estimate of drug-likeness (QED) is 0.0367. The topological polar surface area (TPSA) is 59.1 Å². The zero-order valence-electron chi connectivity index (χ0n) is 87.6. The zero-order chi connectivity index (χ0) is 99.2. The van der Waals surface area contributed by atoms with Crippen LogP contribution in [0.15, 0.2) is 297 Å². The number of para-hydroxylation sites is 7. The molecule has 9 nitrogen and oxygen atoms in total. The van der Waals surface area contributed by atoms with Crippen LogP contribution in [0.5, 0.6) is 46.0 Å². The summed E-state index contributed by atoms with van der Waals surface area (Å²) < 4.78 is 32.8. The van der Waals surface area contributed by atoms with Crippen LogP contribution in [0.25, 0.3) is 33.4 Å². The zero-order valence-corrected chi connectivity index (χ0v) is 87.6. The molecule has 7 aliphatic rings. The van der Waals surface area contributed by atoms with Gasteiger partial charge in [-0.05, 0) is 318 Å². The smallest absolute Gasteiger partial charge is 0.161 e. The third-order valence-corrected chi connectivity index (χ3v) is 31.3. The van der Waals surface area contributed by atoms with Crippen LogP contribution in [0.2, 0.25) is 0 Å². The van der Waals surface area contributed by atoms with Crippen molar-refractivity contribution < 1.29 is 23.7 Å². The van der Waals surface area contributed by atoms with Gasteiger partial charge in [0.25, 0.3) is 0 Å². The molecule has 0 atom stereocenters. The van der Waals surface area contributed by atoms with Crippen molar-refractivity contribution in [3.8, 4) is 79.4 Å². The molecule has 0 saturated carbocycles. The lowest BCUT2D eigenvalue weighted by Crippen LogP contribution is -2.27. The number of ether oxygens (including phenoxy) is 5. The molecule has 0 amide bonds. The second-order valence-electron chi connectivity index (χ2n) is 42.9. The van der Waals surface area contributed by atoms with Crippen molar-refractivity contribution in [1.29, 1.82) is 0 Å². The highest BCUT2D eigenvalue weighted by Crippen LogP contribution is 2.67. The predicted molar refractivity (Wildman–Crippen MR) is 604 cm³/mol. The summed E-state index contributed by atoms with van der Waals surface area (Å²) in [4.78, 5) is 9.55. The van der Waals surface area contributed by atoms with Gasteiger partial charge in [-0.1, -0.05) is 358 Å². The van der Waals surface area contributed by atoms with Gasteiger partial charge in [0.15, 0.2) is 46.0 Å². The summed E-state index contributed by atoms with van der Waals surface area (Å²) in [6.07, 6.45) is 33.7. The Morgan fingerprint density at radius 3 is 1.01 bits per heavy atom. The van der Waals surface area contributed by atoms with Gasteiger partial charge in [0, 0.05) is 46.0 Å². The molecule has 15 aromatic rings. The van der Waals surface area contributed by atoms with Gasteiger partial charge in [-0.25, -0.2) is 0 Å². The molecule has 1 spiro atoms. The Hall–Kier alpha value is -13.5. The minimum Gasteiger partial charge on any atom is -0.490 e. The van der Waals surface area contributed by atoms with Crippen LogP contribution in [0.1, 0.15) is 299 Å². The molecule has 15 aromatic carbocycles. The molecule has 0 unspecified atom stereocenters. The van der Waals surface area contributed by atoms with E-state index in [1.807, 2.05) is 12.1 Å². The number of hydrogen-bond donors (Lipinski definition) is 0. The van der Waals surface area contributed by atoms with Crippen LogP contribution in [0, 0.1) is 41.5 Å². The molecule has 0 bridgehead atoms. The summed E-state index contributed by atoms with van der Waals surface area (Å²) in [5.74, 6) is 7.15. The Balaban J connectivity index is 0.000000135. The van der Waals surface area contributed by atoms with Gasteiger partial charge in [-0.3, -0.25) is 0 Å². The normalized spacial score (nSPS) is 13.7. The van der Waals surface area contributed by atoms with E-state index >= 15 is 0 Å². The third-order valence-electron chi connectivity index (χ3n) is 31.3. The molecule has 0 N–H and O–H groups in total. The second kappa shape index (κ2) is 43.2. The lowest BCUT2D eigenvalue weighted by Gasteiger charge is -2.37. The standard InChI is InChI=1S/C55H60N2O2.C47H60O2.C33H26N2O/c1-5-7-9-11-13-19-33-55(34-20-14-12-10-8-6-2)45-37-41(56-47-21-15-17-23-51(47)58-53-35-39(3)25-31-49(53)56)27-29-43(45)44-30-28-42(38-46(44)55)57-48-22-16-18-24-52(48)59-54-36-40(4)26-32-50(54)57;1-8-10-12-14-16-18-26-48-44-31-39-38-25-22-35(46(5,6)7)30-42(38)47(43(39)32-45(44)49-27-19-17-15-13-11-9-2)40-28-33(3)20-23-36(40)37-24-21-34(4)29-41(37)47;1-22-11-17-29-25(19-22)21-24-7-3-4-8-28(24)34(29)26-13-15-27(16-14-26)35-30-9-5-6-10-32(30)36-33-20-23(2)12-18-31(33)35/h15-18,21-32,35-38H,5-14,19-20,33-34H2,1-4H3;20-25,28-32H,8-19,26-27H2,1-7H3;3-20H,21H2,1-2H3. The maximum absolute atomic E-state index is 6.76. The van der Waals surface area contributed by atoms with E-state index in [1.54, 1.807) is 0 Å². The minimum absolute atomic E-state index is 0.0330. The first-order valence-corrected chi connectivity index (χ1v) is 54.6. The molecule has 4 heterocycles. The second-order valence-corrected chi connectivity index (χ2v) is 42.9. The lowest BCUT2D eigenvalue weighted by atomic mass is 9.69. The highest BCUT2D eigenvalue weighted by Gasteiger charge is 2.53. The maximum Gasteiger partial charge on any atom is 0.161 e.